The van der Waals surface area contributed by atoms with Crippen LogP contribution in [0.5, 0.6) is 5.75 Å². The number of hydrogen-bond donors (Lipinski definition) is 4. The molecule has 0 aliphatic carbocycles. The van der Waals surface area contributed by atoms with Gasteiger partial charge in [0.1, 0.15) is 0 Å². The fourth-order valence-corrected chi connectivity index (χ4v) is 1.89. The smallest absolute Gasteiger partial charge is 0.316 e. The molecule has 1 aromatic carbocycles. The number of hydrogen-bond acceptors (Lipinski definition) is 3. The minimum Gasteiger partial charge on any atom is -0.489 e. The van der Waals surface area contributed by atoms with Crippen LogP contribution in [0.4, 0.5) is 16.2 Å². The van der Waals surface area contributed by atoms with Crippen LogP contribution in [-0.4, -0.2) is 23.5 Å². The minimum absolute atomic E-state index is 0.279. The molecule has 22 heavy (non-hydrogen) atoms. The summed E-state index contributed by atoms with van der Waals surface area (Å²) in [4.78, 5) is 26.0. The zero-order valence-corrected chi connectivity index (χ0v) is 12.2. The van der Waals surface area contributed by atoms with Gasteiger partial charge in [-0.05, 0) is 24.6 Å². The van der Waals surface area contributed by atoms with Gasteiger partial charge in [0, 0.05) is 12.4 Å². The number of carbonyl (C=O) groups excluding carboxylic acids is 2. The van der Waals surface area contributed by atoms with Crippen molar-refractivity contribution in [3.8, 4) is 5.75 Å². The highest BCUT2D eigenvalue weighted by Gasteiger charge is 2.14. The van der Waals surface area contributed by atoms with Gasteiger partial charge in [0.25, 0.3) is 5.91 Å². The first-order chi connectivity index (χ1) is 10.6. The van der Waals surface area contributed by atoms with Gasteiger partial charge in [0.2, 0.25) is 0 Å². The number of nitrogens with two attached hydrogens (primary N) is 1. The average Bonchev–Trinajstić information content (AvgIpc) is 3.00. The summed E-state index contributed by atoms with van der Waals surface area (Å²) in [5.41, 5.74) is 6.52. The fourth-order valence-electron chi connectivity index (χ4n) is 1.89. The first-order valence-electron chi connectivity index (χ1n) is 6.88. The topological polar surface area (TPSA) is 109 Å². The molecule has 2 aromatic rings. The van der Waals surface area contributed by atoms with Gasteiger partial charge < -0.3 is 26.1 Å². The molecule has 0 bridgehead atoms. The van der Waals surface area contributed by atoms with Crippen LogP contribution in [0, 0.1) is 0 Å². The van der Waals surface area contributed by atoms with Gasteiger partial charge in [0.05, 0.1) is 23.5 Å². The maximum Gasteiger partial charge on any atom is 0.316 e. The quantitative estimate of drug-likeness (QED) is 0.658. The van der Waals surface area contributed by atoms with Gasteiger partial charge in [-0.3, -0.25) is 4.79 Å². The van der Waals surface area contributed by atoms with Crippen LogP contribution in [0.25, 0.3) is 0 Å². The largest absolute Gasteiger partial charge is 0.489 e. The number of urea groups is 1. The third-order valence-electron chi connectivity index (χ3n) is 2.83. The van der Waals surface area contributed by atoms with E-state index in [9.17, 15) is 9.59 Å². The summed E-state index contributed by atoms with van der Waals surface area (Å²) >= 11 is 0. The molecule has 7 heteroatoms. The molecule has 0 aliphatic rings. The second-order valence-electron chi connectivity index (χ2n) is 4.57. The van der Waals surface area contributed by atoms with E-state index in [-0.39, 0.29) is 5.91 Å². The Morgan fingerprint density at radius 2 is 1.95 bits per heavy atom. The summed E-state index contributed by atoms with van der Waals surface area (Å²) in [5, 5.41) is 5.25. The summed E-state index contributed by atoms with van der Waals surface area (Å²) in [5.74, 6) is 0.103. The van der Waals surface area contributed by atoms with Gasteiger partial charge in [-0.15, -0.1) is 0 Å². The molecule has 0 saturated heterocycles. The van der Waals surface area contributed by atoms with E-state index in [1.165, 1.54) is 0 Å². The SMILES string of the molecule is CCCOc1c(NC(N)=O)cccc1NC(=O)c1cc[nH]c1. The van der Waals surface area contributed by atoms with Crippen molar-refractivity contribution in [2.75, 3.05) is 17.2 Å². The first kappa shape index (κ1) is 15.4. The van der Waals surface area contributed by atoms with E-state index in [0.717, 1.165) is 6.42 Å². The van der Waals surface area contributed by atoms with Crippen molar-refractivity contribution in [1.29, 1.82) is 0 Å². The molecule has 0 spiro atoms. The number of nitrogens with one attached hydrogen (secondary N) is 3. The van der Waals surface area contributed by atoms with Crippen LogP contribution >= 0.6 is 0 Å². The van der Waals surface area contributed by atoms with Crippen molar-refractivity contribution >= 4 is 23.3 Å². The van der Waals surface area contributed by atoms with Crippen LogP contribution < -0.4 is 21.1 Å². The molecular formula is C15H18N4O3. The van der Waals surface area contributed by atoms with E-state index in [2.05, 4.69) is 15.6 Å². The van der Waals surface area contributed by atoms with E-state index < -0.39 is 6.03 Å². The molecule has 0 fully saturated rings. The number of H-pyrrole nitrogens is 1. The Morgan fingerprint density at radius 3 is 2.55 bits per heavy atom. The van der Waals surface area contributed by atoms with Crippen molar-refractivity contribution in [1.82, 2.24) is 4.98 Å². The summed E-state index contributed by atoms with van der Waals surface area (Å²) in [6.45, 7) is 2.41. The van der Waals surface area contributed by atoms with Crippen LogP contribution in [0.1, 0.15) is 23.7 Å². The Labute approximate surface area is 127 Å². The van der Waals surface area contributed by atoms with E-state index in [4.69, 9.17) is 10.5 Å². The number of carbonyl (C=O) groups is 2. The van der Waals surface area contributed by atoms with Crippen molar-refractivity contribution in [3.05, 3.63) is 42.2 Å². The van der Waals surface area contributed by atoms with Gasteiger partial charge in [-0.25, -0.2) is 4.79 Å². The number of amides is 3. The van der Waals surface area contributed by atoms with E-state index >= 15 is 0 Å². The van der Waals surface area contributed by atoms with Crippen molar-refractivity contribution in [2.24, 2.45) is 5.73 Å². The Kier molecular flexibility index (Phi) is 5.02. The number of ether oxygens (including phenoxy) is 1. The Bertz CT molecular complexity index is 653. The number of para-hydroxylation sites is 1. The summed E-state index contributed by atoms with van der Waals surface area (Å²) in [7, 11) is 0. The molecule has 0 saturated carbocycles. The Morgan fingerprint density at radius 1 is 1.23 bits per heavy atom. The Balaban J connectivity index is 2.28. The van der Waals surface area contributed by atoms with Crippen LogP contribution in [0.3, 0.4) is 0 Å². The van der Waals surface area contributed by atoms with Crippen molar-refractivity contribution in [2.45, 2.75) is 13.3 Å². The lowest BCUT2D eigenvalue weighted by atomic mass is 10.2. The predicted octanol–water partition coefficient (Wildman–Crippen LogP) is 2.55. The third kappa shape index (κ3) is 3.78. The third-order valence-corrected chi connectivity index (χ3v) is 2.83. The van der Waals surface area contributed by atoms with E-state index in [1.807, 2.05) is 6.92 Å². The maximum absolute atomic E-state index is 12.1. The molecule has 5 N–H and O–H groups in total. The van der Waals surface area contributed by atoms with Gasteiger partial charge in [-0.2, -0.15) is 0 Å². The number of anilines is 2. The molecule has 1 aromatic heterocycles. The zero-order valence-electron chi connectivity index (χ0n) is 12.2. The predicted molar refractivity (Wildman–Crippen MR) is 84.2 cm³/mol. The zero-order chi connectivity index (χ0) is 15.9. The molecule has 2 rings (SSSR count). The first-order valence-corrected chi connectivity index (χ1v) is 6.88. The molecule has 0 atom stereocenters. The lowest BCUT2D eigenvalue weighted by molar-refractivity contribution is 0.102. The summed E-state index contributed by atoms with van der Waals surface area (Å²) in [6.07, 6.45) is 4.04. The van der Waals surface area contributed by atoms with E-state index in [1.54, 1.807) is 36.7 Å². The molecular weight excluding hydrogens is 284 g/mol. The molecule has 7 nitrogen and oxygen atoms in total. The molecule has 3 amide bonds. The number of benzene rings is 1. The standard InChI is InChI=1S/C15H18N4O3/c1-2-8-22-13-11(4-3-5-12(13)19-15(16)21)18-14(20)10-6-7-17-9-10/h3-7,9,17H,2,8H2,1H3,(H,18,20)(H3,16,19,21). The fraction of sp³-hybridized carbons (Fsp3) is 0.200. The molecule has 0 aliphatic heterocycles. The summed E-state index contributed by atoms with van der Waals surface area (Å²) < 4.78 is 5.64. The highest BCUT2D eigenvalue weighted by Crippen LogP contribution is 2.33. The Hall–Kier alpha value is -2.96. The second-order valence-corrected chi connectivity index (χ2v) is 4.57. The average molecular weight is 302 g/mol. The molecule has 0 radical (unpaired) electrons. The number of primary amides is 1. The van der Waals surface area contributed by atoms with Crippen LogP contribution in [0.2, 0.25) is 0 Å². The second kappa shape index (κ2) is 7.16. The van der Waals surface area contributed by atoms with Crippen LogP contribution in [-0.2, 0) is 0 Å². The normalized spacial score (nSPS) is 10.0. The van der Waals surface area contributed by atoms with Gasteiger partial charge in [0.15, 0.2) is 5.75 Å². The maximum atomic E-state index is 12.1. The number of aromatic nitrogens is 1. The van der Waals surface area contributed by atoms with Crippen LogP contribution in [0.15, 0.2) is 36.7 Å². The number of aromatic amines is 1. The molecule has 0 unspecified atom stereocenters. The highest BCUT2D eigenvalue weighted by molar-refractivity contribution is 6.05. The van der Waals surface area contributed by atoms with Crippen molar-refractivity contribution < 1.29 is 14.3 Å². The number of rotatable bonds is 6. The molecule has 116 valence electrons. The summed E-state index contributed by atoms with van der Waals surface area (Å²) in [6, 6.07) is 6.00. The molecule has 1 heterocycles. The van der Waals surface area contributed by atoms with Crippen molar-refractivity contribution in [3.63, 3.8) is 0 Å². The lowest BCUT2D eigenvalue weighted by Crippen LogP contribution is -2.20. The monoisotopic (exact) mass is 302 g/mol. The highest BCUT2D eigenvalue weighted by atomic mass is 16.5. The van der Waals surface area contributed by atoms with E-state index in [0.29, 0.717) is 29.3 Å². The lowest BCUT2D eigenvalue weighted by Gasteiger charge is -2.16. The minimum atomic E-state index is -0.699. The van der Waals surface area contributed by atoms with Gasteiger partial charge in [-0.1, -0.05) is 13.0 Å². The van der Waals surface area contributed by atoms with Gasteiger partial charge >= 0.3 is 6.03 Å².